The van der Waals surface area contributed by atoms with Crippen LogP contribution in [0.4, 0.5) is 16.4 Å². The molecule has 3 aromatic rings. The SMILES string of the molecule is CNc1ncnc2c1c(SC(N)=O)c(N)n2Cc1ccc(C)cc1. The lowest BCUT2D eigenvalue weighted by atomic mass is 10.1. The number of nitrogen functional groups attached to an aromatic ring is 1. The Morgan fingerprint density at radius 3 is 2.62 bits per heavy atom. The van der Waals surface area contributed by atoms with Crippen molar-refractivity contribution in [2.24, 2.45) is 5.73 Å². The monoisotopic (exact) mass is 342 g/mol. The highest BCUT2D eigenvalue weighted by atomic mass is 32.2. The van der Waals surface area contributed by atoms with Crippen LogP contribution in [0.1, 0.15) is 11.1 Å². The molecule has 8 heteroatoms. The number of aryl methyl sites for hydroxylation is 1. The lowest BCUT2D eigenvalue weighted by Gasteiger charge is -2.08. The number of carbonyl (C=O) groups is 1. The molecular formula is C16H18N6OS. The quantitative estimate of drug-likeness (QED) is 0.628. The van der Waals surface area contributed by atoms with Gasteiger partial charge in [0.1, 0.15) is 23.6 Å². The van der Waals surface area contributed by atoms with Crippen molar-refractivity contribution in [3.8, 4) is 0 Å². The van der Waals surface area contributed by atoms with Crippen molar-refractivity contribution < 1.29 is 4.79 Å². The van der Waals surface area contributed by atoms with Gasteiger partial charge in [-0.3, -0.25) is 4.79 Å². The number of thioether (sulfide) groups is 1. The summed E-state index contributed by atoms with van der Waals surface area (Å²) in [5.74, 6) is 1.06. The molecule has 2 heterocycles. The van der Waals surface area contributed by atoms with Crippen LogP contribution in [0.5, 0.6) is 0 Å². The number of nitrogens with one attached hydrogen (secondary N) is 1. The van der Waals surface area contributed by atoms with Crippen LogP contribution in [0.25, 0.3) is 11.0 Å². The van der Waals surface area contributed by atoms with Crippen molar-refractivity contribution in [2.75, 3.05) is 18.1 Å². The van der Waals surface area contributed by atoms with Gasteiger partial charge in [0.15, 0.2) is 0 Å². The van der Waals surface area contributed by atoms with Crippen LogP contribution >= 0.6 is 11.8 Å². The summed E-state index contributed by atoms with van der Waals surface area (Å²) in [7, 11) is 1.76. The van der Waals surface area contributed by atoms with E-state index < -0.39 is 5.24 Å². The minimum Gasteiger partial charge on any atom is -0.384 e. The third kappa shape index (κ3) is 2.88. The minimum absolute atomic E-state index is 0.450. The molecule has 0 aliphatic carbocycles. The topological polar surface area (TPSA) is 112 Å². The maximum Gasteiger partial charge on any atom is 0.281 e. The first-order valence-corrected chi connectivity index (χ1v) is 8.16. The zero-order chi connectivity index (χ0) is 17.3. The summed E-state index contributed by atoms with van der Waals surface area (Å²) in [4.78, 5) is 20.6. The summed E-state index contributed by atoms with van der Waals surface area (Å²) < 4.78 is 1.87. The van der Waals surface area contributed by atoms with Crippen LogP contribution in [0.15, 0.2) is 35.5 Å². The van der Waals surface area contributed by atoms with Crippen LogP contribution in [0, 0.1) is 6.92 Å². The average Bonchev–Trinajstić information content (AvgIpc) is 2.82. The van der Waals surface area contributed by atoms with Gasteiger partial charge in [-0.15, -0.1) is 0 Å². The van der Waals surface area contributed by atoms with E-state index in [2.05, 4.69) is 15.3 Å². The highest BCUT2D eigenvalue weighted by molar-refractivity contribution is 8.13. The zero-order valence-electron chi connectivity index (χ0n) is 13.4. The molecule has 0 unspecified atom stereocenters. The van der Waals surface area contributed by atoms with Crippen molar-refractivity contribution in [3.63, 3.8) is 0 Å². The predicted molar refractivity (Wildman–Crippen MR) is 97.2 cm³/mol. The molecule has 0 bridgehead atoms. The zero-order valence-corrected chi connectivity index (χ0v) is 14.2. The Balaban J connectivity index is 2.18. The molecule has 0 fully saturated rings. The van der Waals surface area contributed by atoms with Crippen molar-refractivity contribution >= 4 is 39.7 Å². The molecule has 0 spiro atoms. The van der Waals surface area contributed by atoms with Crippen molar-refractivity contribution in [3.05, 3.63) is 41.7 Å². The maximum absolute atomic E-state index is 11.4. The Hall–Kier alpha value is -2.74. The molecule has 1 amide bonds. The van der Waals surface area contributed by atoms with Crippen molar-refractivity contribution in [1.29, 1.82) is 0 Å². The molecule has 0 radical (unpaired) electrons. The van der Waals surface area contributed by atoms with E-state index in [9.17, 15) is 4.79 Å². The fraction of sp³-hybridized carbons (Fsp3) is 0.188. The second-order valence-corrected chi connectivity index (χ2v) is 6.39. The van der Waals surface area contributed by atoms with Gasteiger partial charge in [-0.05, 0) is 24.2 Å². The lowest BCUT2D eigenvalue weighted by Crippen LogP contribution is -2.06. The van der Waals surface area contributed by atoms with E-state index in [0.29, 0.717) is 34.1 Å². The number of rotatable bonds is 4. The van der Waals surface area contributed by atoms with Gasteiger partial charge in [-0.25, -0.2) is 9.97 Å². The highest BCUT2D eigenvalue weighted by Crippen LogP contribution is 2.38. The second kappa shape index (κ2) is 6.40. The Morgan fingerprint density at radius 1 is 1.29 bits per heavy atom. The van der Waals surface area contributed by atoms with E-state index >= 15 is 0 Å². The van der Waals surface area contributed by atoms with Gasteiger partial charge >= 0.3 is 0 Å². The van der Waals surface area contributed by atoms with E-state index in [4.69, 9.17) is 11.5 Å². The molecule has 0 aliphatic rings. The summed E-state index contributed by atoms with van der Waals surface area (Å²) in [5, 5.41) is 3.19. The number of nitrogens with two attached hydrogens (primary N) is 2. The second-order valence-electron chi connectivity index (χ2n) is 5.38. The standard InChI is InChI=1S/C16H18N6OS/c1-9-3-5-10(6-4-9)7-22-13(17)12(24-16(18)23)11-14(19-2)20-8-21-15(11)22/h3-6,8H,7,17H2,1-2H3,(H2,18,23)(H,19,20,21). The fourth-order valence-corrected chi connectivity index (χ4v) is 3.29. The number of amides is 1. The first kappa shape index (κ1) is 16.1. The van der Waals surface area contributed by atoms with Gasteiger partial charge in [-0.1, -0.05) is 29.8 Å². The number of hydrogen-bond donors (Lipinski definition) is 3. The molecular weight excluding hydrogens is 324 g/mol. The number of benzene rings is 1. The van der Waals surface area contributed by atoms with Crippen LogP contribution in [0.3, 0.4) is 0 Å². The average molecular weight is 342 g/mol. The number of anilines is 2. The number of hydrogen-bond acceptors (Lipinski definition) is 6. The summed E-state index contributed by atoms with van der Waals surface area (Å²) in [6.45, 7) is 2.58. The number of aromatic nitrogens is 3. The third-order valence-electron chi connectivity index (χ3n) is 3.73. The molecule has 1 aromatic carbocycles. The normalized spacial score (nSPS) is 10.9. The predicted octanol–water partition coefficient (Wildman–Crippen LogP) is 2.58. The molecule has 124 valence electrons. The van der Waals surface area contributed by atoms with Crippen LogP contribution in [0.2, 0.25) is 0 Å². The van der Waals surface area contributed by atoms with Gasteiger partial charge in [-0.2, -0.15) is 0 Å². The summed E-state index contributed by atoms with van der Waals surface area (Å²) in [6.07, 6.45) is 1.47. The Kier molecular flexibility index (Phi) is 4.30. The highest BCUT2D eigenvalue weighted by Gasteiger charge is 2.21. The Morgan fingerprint density at radius 2 is 2.00 bits per heavy atom. The van der Waals surface area contributed by atoms with Crippen LogP contribution in [-0.4, -0.2) is 26.8 Å². The summed E-state index contributed by atoms with van der Waals surface area (Å²) in [6, 6.07) is 8.18. The van der Waals surface area contributed by atoms with E-state index in [-0.39, 0.29) is 0 Å². The van der Waals surface area contributed by atoms with Gasteiger partial charge in [0.25, 0.3) is 5.24 Å². The number of nitrogens with zero attached hydrogens (tertiary/aromatic N) is 3. The van der Waals surface area contributed by atoms with Crippen molar-refractivity contribution in [2.45, 2.75) is 18.4 Å². The lowest BCUT2D eigenvalue weighted by molar-refractivity contribution is 0.267. The molecule has 0 saturated carbocycles. The molecule has 0 saturated heterocycles. The van der Waals surface area contributed by atoms with Gasteiger partial charge in [0.2, 0.25) is 0 Å². The van der Waals surface area contributed by atoms with Crippen molar-refractivity contribution in [1.82, 2.24) is 14.5 Å². The molecule has 7 nitrogen and oxygen atoms in total. The molecule has 2 aromatic heterocycles. The van der Waals surface area contributed by atoms with Gasteiger partial charge in [0, 0.05) is 7.05 Å². The minimum atomic E-state index is -0.526. The van der Waals surface area contributed by atoms with Crippen LogP contribution < -0.4 is 16.8 Å². The fourth-order valence-electron chi connectivity index (χ4n) is 2.58. The Bertz CT molecular complexity index is 903. The smallest absolute Gasteiger partial charge is 0.281 e. The summed E-state index contributed by atoms with van der Waals surface area (Å²) in [5.41, 5.74) is 14.6. The molecule has 5 N–H and O–H groups in total. The van der Waals surface area contributed by atoms with E-state index in [1.807, 2.05) is 35.8 Å². The van der Waals surface area contributed by atoms with E-state index in [1.54, 1.807) is 7.05 Å². The third-order valence-corrected chi connectivity index (χ3v) is 4.55. The van der Waals surface area contributed by atoms with Gasteiger partial charge in [0.05, 0.1) is 16.8 Å². The largest absolute Gasteiger partial charge is 0.384 e. The molecule has 24 heavy (non-hydrogen) atoms. The molecule has 0 aliphatic heterocycles. The summed E-state index contributed by atoms with van der Waals surface area (Å²) >= 11 is 0.891. The maximum atomic E-state index is 11.4. The van der Waals surface area contributed by atoms with Crippen LogP contribution in [-0.2, 0) is 6.54 Å². The number of fused-ring (bicyclic) bond motifs is 1. The first-order valence-electron chi connectivity index (χ1n) is 7.34. The Labute approximate surface area is 143 Å². The first-order chi connectivity index (χ1) is 11.5. The molecule has 0 atom stereocenters. The molecule has 3 rings (SSSR count). The number of primary amides is 1. The van der Waals surface area contributed by atoms with Gasteiger partial charge < -0.3 is 21.4 Å². The van der Waals surface area contributed by atoms with E-state index in [0.717, 1.165) is 17.3 Å². The van der Waals surface area contributed by atoms with E-state index in [1.165, 1.54) is 11.9 Å². The number of carbonyl (C=O) groups excluding carboxylic acids is 1.